The number of aromatic nitrogens is 2. The van der Waals surface area contributed by atoms with Crippen molar-refractivity contribution < 1.29 is 14.1 Å². The van der Waals surface area contributed by atoms with Gasteiger partial charge in [-0.15, -0.1) is 0 Å². The van der Waals surface area contributed by atoms with Gasteiger partial charge in [-0.3, -0.25) is 9.59 Å². The van der Waals surface area contributed by atoms with Gasteiger partial charge in [-0.1, -0.05) is 42.7 Å². The van der Waals surface area contributed by atoms with Gasteiger partial charge in [0.25, 0.3) is 11.8 Å². The third-order valence-corrected chi connectivity index (χ3v) is 4.95. The molecule has 3 aromatic rings. The van der Waals surface area contributed by atoms with Gasteiger partial charge in [0, 0.05) is 29.5 Å². The van der Waals surface area contributed by atoms with Gasteiger partial charge < -0.3 is 15.2 Å². The second-order valence-corrected chi connectivity index (χ2v) is 7.96. The minimum atomic E-state index is -0.199. The molecule has 8 heteroatoms. The number of anilines is 1. The van der Waals surface area contributed by atoms with E-state index in [0.29, 0.717) is 46.5 Å². The number of benzene rings is 2. The second-order valence-electron chi connectivity index (χ2n) is 7.52. The lowest BCUT2D eigenvalue weighted by Gasteiger charge is -2.12. The molecule has 1 aromatic heterocycles. The minimum Gasteiger partial charge on any atom is -0.352 e. The first-order valence-corrected chi connectivity index (χ1v) is 10.5. The Morgan fingerprint density at radius 1 is 1.13 bits per heavy atom. The Bertz CT molecular complexity index is 1060. The predicted octanol–water partition coefficient (Wildman–Crippen LogP) is 4.97. The molecule has 0 unspecified atom stereocenters. The average molecular weight is 441 g/mol. The Morgan fingerprint density at radius 3 is 2.55 bits per heavy atom. The first kappa shape index (κ1) is 22.5. The van der Waals surface area contributed by atoms with Crippen molar-refractivity contribution in [3.05, 3.63) is 64.4 Å². The summed E-state index contributed by atoms with van der Waals surface area (Å²) in [5, 5.41) is 10.3. The summed E-state index contributed by atoms with van der Waals surface area (Å²) in [7, 11) is 0. The lowest BCUT2D eigenvalue weighted by atomic mass is 10.1. The number of amides is 2. The third-order valence-electron chi connectivity index (χ3n) is 4.70. The van der Waals surface area contributed by atoms with Crippen molar-refractivity contribution in [3.8, 4) is 11.5 Å². The lowest BCUT2D eigenvalue weighted by molar-refractivity contribution is -0.116. The third kappa shape index (κ3) is 5.92. The van der Waals surface area contributed by atoms with Crippen LogP contribution < -0.4 is 10.6 Å². The maximum atomic E-state index is 12.5. The summed E-state index contributed by atoms with van der Waals surface area (Å²) < 4.78 is 5.40. The fraction of sp³-hybridized carbons (Fsp3) is 0.304. The highest BCUT2D eigenvalue weighted by Gasteiger charge is 2.17. The number of carbonyl (C=O) groups excluding carboxylic acids is 2. The number of para-hydroxylation sites is 1. The zero-order chi connectivity index (χ0) is 22.4. The first-order chi connectivity index (χ1) is 14.8. The Hall–Kier alpha value is -3.19. The summed E-state index contributed by atoms with van der Waals surface area (Å²) in [6.07, 6.45) is 0.764. The SMILES string of the molecule is Cc1cccc(-c2nc(C(C)C)no2)c1NC(=O)CCCNC(=O)c1ccc(Cl)cc1. The quantitative estimate of drug-likeness (QED) is 0.482. The van der Waals surface area contributed by atoms with Crippen LogP contribution in [0.1, 0.15) is 54.4 Å². The van der Waals surface area contributed by atoms with E-state index in [1.165, 1.54) is 0 Å². The zero-order valence-electron chi connectivity index (χ0n) is 17.7. The molecular weight excluding hydrogens is 416 g/mol. The van der Waals surface area contributed by atoms with Crippen LogP contribution in [0, 0.1) is 6.92 Å². The molecule has 0 aliphatic carbocycles. The topological polar surface area (TPSA) is 97.1 Å². The molecule has 3 rings (SSSR count). The van der Waals surface area contributed by atoms with Crippen molar-refractivity contribution in [2.45, 2.75) is 39.5 Å². The van der Waals surface area contributed by atoms with Gasteiger partial charge in [0.2, 0.25) is 5.91 Å². The van der Waals surface area contributed by atoms with Crippen LogP contribution in [0.25, 0.3) is 11.5 Å². The predicted molar refractivity (Wildman–Crippen MR) is 120 cm³/mol. The molecule has 2 aromatic carbocycles. The van der Waals surface area contributed by atoms with E-state index in [0.717, 1.165) is 5.56 Å². The molecule has 2 N–H and O–H groups in total. The van der Waals surface area contributed by atoms with Crippen LogP contribution in [0.3, 0.4) is 0 Å². The summed E-state index contributed by atoms with van der Waals surface area (Å²) in [4.78, 5) is 29.1. The smallest absolute Gasteiger partial charge is 0.260 e. The Morgan fingerprint density at radius 2 is 1.87 bits per heavy atom. The Balaban J connectivity index is 1.56. The van der Waals surface area contributed by atoms with Crippen molar-refractivity contribution in [2.75, 3.05) is 11.9 Å². The molecule has 0 saturated heterocycles. The van der Waals surface area contributed by atoms with Crippen LogP contribution in [0.4, 0.5) is 5.69 Å². The minimum absolute atomic E-state index is 0.142. The fourth-order valence-electron chi connectivity index (χ4n) is 2.95. The number of halogens is 1. The number of nitrogens with zero attached hydrogens (tertiary/aromatic N) is 2. The maximum Gasteiger partial charge on any atom is 0.260 e. The summed E-state index contributed by atoms with van der Waals surface area (Å²) >= 11 is 5.83. The van der Waals surface area contributed by atoms with Crippen molar-refractivity contribution in [1.82, 2.24) is 15.5 Å². The van der Waals surface area contributed by atoms with Gasteiger partial charge in [0.15, 0.2) is 5.82 Å². The summed E-state index contributed by atoms with van der Waals surface area (Å²) in [5.41, 5.74) is 2.75. The molecule has 0 fully saturated rings. The van der Waals surface area contributed by atoms with Crippen molar-refractivity contribution in [2.24, 2.45) is 0 Å². The molecule has 0 saturated carbocycles. The van der Waals surface area contributed by atoms with Gasteiger partial charge in [0.1, 0.15) is 0 Å². The largest absolute Gasteiger partial charge is 0.352 e. The van der Waals surface area contributed by atoms with E-state index >= 15 is 0 Å². The monoisotopic (exact) mass is 440 g/mol. The molecule has 2 amide bonds. The highest BCUT2D eigenvalue weighted by atomic mass is 35.5. The summed E-state index contributed by atoms with van der Waals surface area (Å²) in [5.74, 6) is 0.780. The number of nitrogens with one attached hydrogen (secondary N) is 2. The number of hydrogen-bond acceptors (Lipinski definition) is 5. The van der Waals surface area contributed by atoms with Crippen LogP contribution in [-0.4, -0.2) is 28.5 Å². The van der Waals surface area contributed by atoms with E-state index in [1.54, 1.807) is 24.3 Å². The molecule has 0 aliphatic heterocycles. The van der Waals surface area contributed by atoms with Crippen LogP contribution in [0.5, 0.6) is 0 Å². The fourth-order valence-corrected chi connectivity index (χ4v) is 3.07. The molecule has 0 aliphatic rings. The van der Waals surface area contributed by atoms with Crippen molar-refractivity contribution in [3.63, 3.8) is 0 Å². The molecule has 31 heavy (non-hydrogen) atoms. The van der Waals surface area contributed by atoms with E-state index in [2.05, 4.69) is 20.8 Å². The Labute approximate surface area is 186 Å². The van der Waals surface area contributed by atoms with Gasteiger partial charge in [-0.2, -0.15) is 4.98 Å². The molecule has 0 spiro atoms. The number of aryl methyl sites for hydroxylation is 1. The molecule has 0 bridgehead atoms. The zero-order valence-corrected chi connectivity index (χ0v) is 18.5. The highest BCUT2D eigenvalue weighted by molar-refractivity contribution is 6.30. The van der Waals surface area contributed by atoms with Crippen LogP contribution in [0.2, 0.25) is 5.02 Å². The van der Waals surface area contributed by atoms with Crippen molar-refractivity contribution >= 4 is 29.1 Å². The number of carbonyl (C=O) groups is 2. The van der Waals surface area contributed by atoms with Gasteiger partial charge in [-0.05, 0) is 49.2 Å². The van der Waals surface area contributed by atoms with Crippen LogP contribution >= 0.6 is 11.6 Å². The van der Waals surface area contributed by atoms with E-state index in [1.807, 2.05) is 39.0 Å². The van der Waals surface area contributed by atoms with Crippen LogP contribution in [-0.2, 0) is 4.79 Å². The molecule has 7 nitrogen and oxygen atoms in total. The highest BCUT2D eigenvalue weighted by Crippen LogP contribution is 2.30. The maximum absolute atomic E-state index is 12.5. The average Bonchev–Trinajstić information content (AvgIpc) is 3.23. The van der Waals surface area contributed by atoms with Crippen molar-refractivity contribution in [1.29, 1.82) is 0 Å². The standard InChI is InChI=1S/C23H25ClN4O3/c1-14(2)21-27-23(31-28-21)18-7-4-6-15(3)20(18)26-19(29)8-5-13-25-22(30)16-9-11-17(24)12-10-16/h4,6-7,9-12,14H,5,8,13H2,1-3H3,(H,25,30)(H,26,29). The van der Waals surface area contributed by atoms with E-state index in [4.69, 9.17) is 16.1 Å². The summed E-state index contributed by atoms with van der Waals surface area (Å²) in [6.45, 7) is 6.26. The lowest BCUT2D eigenvalue weighted by Crippen LogP contribution is -2.25. The second kappa shape index (κ2) is 10.2. The van der Waals surface area contributed by atoms with Gasteiger partial charge in [-0.25, -0.2) is 0 Å². The van der Waals surface area contributed by atoms with Gasteiger partial charge in [0.05, 0.1) is 11.3 Å². The molecule has 0 atom stereocenters. The molecular formula is C23H25ClN4O3. The number of rotatable bonds is 8. The van der Waals surface area contributed by atoms with E-state index in [-0.39, 0.29) is 24.2 Å². The molecule has 1 heterocycles. The van der Waals surface area contributed by atoms with Crippen LogP contribution in [0.15, 0.2) is 47.0 Å². The first-order valence-electron chi connectivity index (χ1n) is 10.1. The van der Waals surface area contributed by atoms with E-state index < -0.39 is 0 Å². The molecule has 162 valence electrons. The number of hydrogen-bond donors (Lipinski definition) is 2. The normalized spacial score (nSPS) is 10.9. The summed E-state index contributed by atoms with van der Waals surface area (Å²) in [6, 6.07) is 12.3. The Kier molecular flexibility index (Phi) is 7.41. The molecule has 0 radical (unpaired) electrons. The van der Waals surface area contributed by atoms with E-state index in [9.17, 15) is 9.59 Å². The van der Waals surface area contributed by atoms with Gasteiger partial charge >= 0.3 is 0 Å².